The highest BCUT2D eigenvalue weighted by molar-refractivity contribution is 6.32. The number of rotatable bonds is 4. The summed E-state index contributed by atoms with van der Waals surface area (Å²) in [6, 6.07) is 3.48. The highest BCUT2D eigenvalue weighted by Crippen LogP contribution is 2.38. The zero-order chi connectivity index (χ0) is 17.3. The molecule has 0 radical (unpaired) electrons. The average Bonchev–Trinajstić information content (AvgIpc) is 2.46. The summed E-state index contributed by atoms with van der Waals surface area (Å²) in [6.07, 6.45) is 1.64. The van der Waals surface area contributed by atoms with Crippen LogP contribution in [0.25, 0.3) is 0 Å². The number of hydroxylamine groups is 2. The molecule has 2 rings (SSSR count). The second kappa shape index (κ2) is 6.07. The first-order chi connectivity index (χ1) is 10.7. The Hall–Kier alpha value is -2.91. The Morgan fingerprint density at radius 2 is 1.70 bits per heavy atom. The zero-order valence-corrected chi connectivity index (χ0v) is 12.0. The van der Waals surface area contributed by atoms with Gasteiger partial charge in [-0.15, -0.1) is 0 Å². The molecule has 0 amide bonds. The van der Waals surface area contributed by atoms with Gasteiger partial charge in [-0.3, -0.25) is 15.3 Å². The molecule has 3 N–H and O–H groups in total. The topological polar surface area (TPSA) is 141 Å². The second-order valence-electron chi connectivity index (χ2n) is 4.56. The quantitative estimate of drug-likeness (QED) is 0.558. The van der Waals surface area contributed by atoms with Crippen LogP contribution in [-0.2, 0) is 9.59 Å². The Labute approximate surface area is 133 Å². The van der Waals surface area contributed by atoms with Gasteiger partial charge in [0.1, 0.15) is 5.02 Å². The van der Waals surface area contributed by atoms with Crippen LogP contribution in [0.2, 0.25) is 5.02 Å². The van der Waals surface area contributed by atoms with Crippen LogP contribution in [0, 0.1) is 10.1 Å². The maximum Gasteiger partial charge on any atom is 0.334 e. The molecular formula is C13H9ClN2O7. The Morgan fingerprint density at radius 1 is 1.17 bits per heavy atom. The molecule has 0 bridgehead atoms. The van der Waals surface area contributed by atoms with Gasteiger partial charge < -0.3 is 10.2 Å². The highest BCUT2D eigenvalue weighted by atomic mass is 35.5. The predicted octanol–water partition coefficient (Wildman–Crippen LogP) is 1.97. The van der Waals surface area contributed by atoms with Crippen molar-refractivity contribution in [3.05, 3.63) is 62.4 Å². The van der Waals surface area contributed by atoms with E-state index < -0.39 is 39.6 Å². The fourth-order valence-electron chi connectivity index (χ4n) is 2.20. The third-order valence-corrected chi connectivity index (χ3v) is 3.48. The monoisotopic (exact) mass is 340 g/mol. The smallest absolute Gasteiger partial charge is 0.334 e. The van der Waals surface area contributed by atoms with E-state index in [1.54, 1.807) is 0 Å². The Balaban J connectivity index is 2.65. The van der Waals surface area contributed by atoms with Crippen LogP contribution < -0.4 is 0 Å². The first-order valence-corrected chi connectivity index (χ1v) is 6.41. The van der Waals surface area contributed by atoms with Crippen molar-refractivity contribution in [2.75, 3.05) is 0 Å². The van der Waals surface area contributed by atoms with Gasteiger partial charge in [-0.25, -0.2) is 14.7 Å². The molecular weight excluding hydrogens is 332 g/mol. The van der Waals surface area contributed by atoms with Crippen molar-refractivity contribution in [2.45, 2.75) is 5.92 Å². The van der Waals surface area contributed by atoms with Crippen molar-refractivity contribution in [3.8, 4) is 0 Å². The van der Waals surface area contributed by atoms with Crippen molar-refractivity contribution in [3.63, 3.8) is 0 Å². The minimum atomic E-state index is -1.47. The molecule has 1 heterocycles. The molecule has 0 saturated heterocycles. The van der Waals surface area contributed by atoms with E-state index in [0.29, 0.717) is 5.06 Å². The minimum absolute atomic E-state index is 0.0523. The van der Waals surface area contributed by atoms with Gasteiger partial charge in [0.15, 0.2) is 0 Å². The summed E-state index contributed by atoms with van der Waals surface area (Å²) in [5.41, 5.74) is -1.34. The van der Waals surface area contributed by atoms with Crippen molar-refractivity contribution in [2.24, 2.45) is 0 Å². The Bertz CT molecular complexity index is 740. The number of halogens is 1. The van der Waals surface area contributed by atoms with Crippen molar-refractivity contribution >= 4 is 29.2 Å². The molecule has 10 heteroatoms. The fraction of sp³-hybridized carbons (Fsp3) is 0.0769. The van der Waals surface area contributed by atoms with Crippen LogP contribution in [0.1, 0.15) is 11.5 Å². The maximum absolute atomic E-state index is 11.4. The lowest BCUT2D eigenvalue weighted by Gasteiger charge is -2.25. The largest absolute Gasteiger partial charge is 0.478 e. The van der Waals surface area contributed by atoms with Gasteiger partial charge in [-0.1, -0.05) is 17.7 Å². The van der Waals surface area contributed by atoms with Crippen LogP contribution in [0.3, 0.4) is 0 Å². The number of carboxylic acid groups (broad SMARTS) is 2. The van der Waals surface area contributed by atoms with Crippen LogP contribution in [0.15, 0.2) is 41.7 Å². The van der Waals surface area contributed by atoms with Gasteiger partial charge in [0.05, 0.1) is 22.0 Å². The molecule has 1 aromatic rings. The molecule has 120 valence electrons. The second-order valence-corrected chi connectivity index (χ2v) is 4.97. The van der Waals surface area contributed by atoms with Gasteiger partial charge in [-0.2, -0.15) is 0 Å². The molecule has 1 aromatic carbocycles. The van der Waals surface area contributed by atoms with Gasteiger partial charge in [0.2, 0.25) is 0 Å². The average molecular weight is 341 g/mol. The molecule has 23 heavy (non-hydrogen) atoms. The Kier molecular flexibility index (Phi) is 4.34. The lowest BCUT2D eigenvalue weighted by atomic mass is 9.83. The van der Waals surface area contributed by atoms with Crippen molar-refractivity contribution < 1.29 is 29.9 Å². The van der Waals surface area contributed by atoms with Crippen molar-refractivity contribution in [1.29, 1.82) is 0 Å². The molecule has 1 aliphatic heterocycles. The number of aliphatic carboxylic acids is 2. The van der Waals surface area contributed by atoms with Gasteiger partial charge in [0, 0.05) is 18.5 Å². The summed E-state index contributed by atoms with van der Waals surface area (Å²) in [7, 11) is 0. The zero-order valence-electron chi connectivity index (χ0n) is 11.2. The van der Waals surface area contributed by atoms with Gasteiger partial charge >= 0.3 is 11.9 Å². The van der Waals surface area contributed by atoms with Crippen LogP contribution in [-0.4, -0.2) is 37.3 Å². The first kappa shape index (κ1) is 16.5. The number of carboxylic acids is 2. The summed E-state index contributed by atoms with van der Waals surface area (Å²) < 4.78 is 0. The van der Waals surface area contributed by atoms with Crippen molar-refractivity contribution in [1.82, 2.24) is 5.06 Å². The van der Waals surface area contributed by atoms with E-state index >= 15 is 0 Å². The third kappa shape index (κ3) is 3.15. The highest BCUT2D eigenvalue weighted by Gasteiger charge is 2.35. The van der Waals surface area contributed by atoms with E-state index in [1.165, 1.54) is 12.1 Å². The first-order valence-electron chi connectivity index (χ1n) is 6.03. The number of carbonyl (C=O) groups is 2. The molecule has 9 nitrogen and oxygen atoms in total. The summed E-state index contributed by atoms with van der Waals surface area (Å²) in [5, 5.41) is 39.0. The summed E-state index contributed by atoms with van der Waals surface area (Å²) in [4.78, 5) is 32.9. The number of nitrogens with zero attached hydrogens (tertiary/aromatic N) is 2. The fourth-order valence-corrected chi connectivity index (χ4v) is 2.39. The number of nitro benzene ring substituents is 1. The van der Waals surface area contributed by atoms with E-state index in [1.807, 2.05) is 0 Å². The normalized spacial score (nSPS) is 15.0. The molecule has 0 aliphatic carbocycles. The minimum Gasteiger partial charge on any atom is -0.478 e. The van der Waals surface area contributed by atoms with E-state index in [9.17, 15) is 35.1 Å². The number of hydrogen-bond donors (Lipinski definition) is 3. The van der Waals surface area contributed by atoms with Crippen LogP contribution >= 0.6 is 11.6 Å². The van der Waals surface area contributed by atoms with E-state index in [4.69, 9.17) is 11.6 Å². The standard InChI is InChI=1S/C13H9ClN2O7/c14-9-2-1-6(3-10(9)16(22)23)11-7(12(17)18)4-15(21)5-8(11)13(19)20/h1-5,11,21H,(H,17,18)(H,19,20). The van der Waals surface area contributed by atoms with Gasteiger partial charge in [0.25, 0.3) is 5.69 Å². The number of hydrogen-bond acceptors (Lipinski definition) is 6. The molecule has 0 atom stereocenters. The van der Waals surface area contributed by atoms with E-state index in [0.717, 1.165) is 18.5 Å². The van der Waals surface area contributed by atoms with Crippen LogP contribution in [0.4, 0.5) is 5.69 Å². The number of nitro groups is 1. The van der Waals surface area contributed by atoms with E-state index in [-0.39, 0.29) is 10.6 Å². The Morgan fingerprint density at radius 3 is 2.13 bits per heavy atom. The summed E-state index contributed by atoms with van der Waals surface area (Å²) in [6.45, 7) is 0. The van der Waals surface area contributed by atoms with Gasteiger partial charge in [-0.05, 0) is 11.6 Å². The number of benzene rings is 1. The van der Waals surface area contributed by atoms with Crippen LogP contribution in [0.5, 0.6) is 0 Å². The summed E-state index contributed by atoms with van der Waals surface area (Å²) in [5.74, 6) is -4.25. The molecule has 1 aliphatic rings. The maximum atomic E-state index is 11.4. The SMILES string of the molecule is O=C(O)C1=CN(O)C=C(C(=O)O)C1c1ccc(Cl)c([N+](=O)[O-])c1. The summed E-state index contributed by atoms with van der Waals surface area (Å²) >= 11 is 5.70. The third-order valence-electron chi connectivity index (χ3n) is 3.16. The molecule has 0 unspecified atom stereocenters. The molecule has 0 aromatic heterocycles. The molecule has 0 spiro atoms. The lowest BCUT2D eigenvalue weighted by molar-refractivity contribution is -0.384. The molecule has 0 saturated carbocycles. The predicted molar refractivity (Wildman–Crippen MR) is 75.9 cm³/mol. The van der Waals surface area contributed by atoms with E-state index in [2.05, 4.69) is 0 Å². The lowest BCUT2D eigenvalue weighted by Crippen LogP contribution is -2.26. The molecule has 0 fully saturated rings.